The normalized spacial score (nSPS) is 14.2. The molecular weight excluding hydrogens is 382 g/mol. The van der Waals surface area contributed by atoms with E-state index >= 15 is 0 Å². The first-order valence-corrected chi connectivity index (χ1v) is 10.1. The lowest BCUT2D eigenvalue weighted by atomic mass is 9.95. The van der Waals surface area contributed by atoms with E-state index in [1.807, 2.05) is 62.4 Å². The molecule has 0 aromatic heterocycles. The number of fused-ring (bicyclic) bond motifs is 1. The van der Waals surface area contributed by atoms with Gasteiger partial charge >= 0.3 is 5.97 Å². The fourth-order valence-corrected chi connectivity index (χ4v) is 3.14. The van der Waals surface area contributed by atoms with E-state index in [1.165, 1.54) is 6.08 Å². The highest BCUT2D eigenvalue weighted by Crippen LogP contribution is 2.34. The van der Waals surface area contributed by atoms with Gasteiger partial charge in [0.25, 0.3) is 5.91 Å². The Balaban J connectivity index is 1.57. The first kappa shape index (κ1) is 21.4. The Kier molecular flexibility index (Phi) is 7.49. The zero-order chi connectivity index (χ0) is 21.3. The van der Waals surface area contributed by atoms with Crippen LogP contribution in [-0.2, 0) is 14.3 Å². The lowest BCUT2D eigenvalue weighted by molar-refractivity contribution is -0.144. The van der Waals surface area contributed by atoms with Gasteiger partial charge in [-0.15, -0.1) is 0 Å². The Hall–Kier alpha value is -3.28. The molecule has 2 aromatic rings. The first-order chi connectivity index (χ1) is 14.5. The van der Waals surface area contributed by atoms with E-state index in [0.29, 0.717) is 24.7 Å². The number of hydrogen-bond donors (Lipinski definition) is 1. The van der Waals surface area contributed by atoms with Gasteiger partial charge in [-0.3, -0.25) is 4.79 Å². The first-order valence-electron chi connectivity index (χ1n) is 10.1. The van der Waals surface area contributed by atoms with Crippen LogP contribution in [-0.4, -0.2) is 31.7 Å². The Morgan fingerprint density at radius 2 is 1.80 bits per heavy atom. The Morgan fingerprint density at radius 3 is 2.53 bits per heavy atom. The van der Waals surface area contributed by atoms with Gasteiger partial charge < -0.3 is 19.5 Å². The maximum atomic E-state index is 12.4. The van der Waals surface area contributed by atoms with Crippen LogP contribution in [0.4, 0.5) is 0 Å². The van der Waals surface area contributed by atoms with Crippen molar-refractivity contribution in [2.45, 2.75) is 26.3 Å². The summed E-state index contributed by atoms with van der Waals surface area (Å²) >= 11 is 0. The maximum absolute atomic E-state index is 12.4. The summed E-state index contributed by atoms with van der Waals surface area (Å²) in [4.78, 5) is 24.3. The van der Waals surface area contributed by atoms with E-state index in [1.54, 1.807) is 6.08 Å². The fourth-order valence-electron chi connectivity index (χ4n) is 3.14. The van der Waals surface area contributed by atoms with Gasteiger partial charge in [0.1, 0.15) is 0 Å². The maximum Gasteiger partial charge on any atom is 0.331 e. The van der Waals surface area contributed by atoms with Gasteiger partial charge in [-0.2, -0.15) is 0 Å². The molecule has 0 unspecified atom stereocenters. The molecule has 1 aliphatic rings. The van der Waals surface area contributed by atoms with Crippen LogP contribution >= 0.6 is 0 Å². The van der Waals surface area contributed by atoms with E-state index in [2.05, 4.69) is 5.32 Å². The minimum Gasteiger partial charge on any atom is -0.490 e. The second-order valence-electron chi connectivity index (χ2n) is 7.40. The van der Waals surface area contributed by atoms with Gasteiger partial charge in [0.2, 0.25) is 0 Å². The Morgan fingerprint density at radius 1 is 1.07 bits per heavy atom. The number of carbonyl (C=O) groups excluding carboxylic acids is 2. The third kappa shape index (κ3) is 6.11. The molecule has 1 N–H and O–H groups in total. The van der Waals surface area contributed by atoms with Gasteiger partial charge in [-0.25, -0.2) is 4.79 Å². The molecule has 1 aliphatic heterocycles. The number of carbonyl (C=O) groups is 2. The van der Waals surface area contributed by atoms with E-state index in [9.17, 15) is 9.59 Å². The second-order valence-corrected chi connectivity index (χ2v) is 7.40. The largest absolute Gasteiger partial charge is 0.490 e. The molecule has 2 aromatic carbocycles. The molecule has 30 heavy (non-hydrogen) atoms. The van der Waals surface area contributed by atoms with Crippen LogP contribution in [0.1, 0.15) is 37.4 Å². The average molecular weight is 409 g/mol. The Labute approximate surface area is 176 Å². The summed E-state index contributed by atoms with van der Waals surface area (Å²) in [7, 11) is 0. The summed E-state index contributed by atoms with van der Waals surface area (Å²) in [5.41, 5.74) is 1.80. The highest BCUT2D eigenvalue weighted by molar-refractivity contribution is 5.89. The van der Waals surface area contributed by atoms with Crippen molar-refractivity contribution in [3.63, 3.8) is 0 Å². The predicted molar refractivity (Wildman–Crippen MR) is 114 cm³/mol. The van der Waals surface area contributed by atoms with Gasteiger partial charge in [0, 0.05) is 12.5 Å². The topological polar surface area (TPSA) is 73.9 Å². The van der Waals surface area contributed by atoms with Crippen LogP contribution in [0.25, 0.3) is 6.08 Å². The zero-order valence-corrected chi connectivity index (χ0v) is 17.3. The molecule has 158 valence electrons. The molecule has 1 amide bonds. The van der Waals surface area contributed by atoms with Crippen LogP contribution in [0.3, 0.4) is 0 Å². The van der Waals surface area contributed by atoms with E-state index in [4.69, 9.17) is 14.2 Å². The van der Waals surface area contributed by atoms with Crippen molar-refractivity contribution >= 4 is 18.0 Å². The summed E-state index contributed by atoms with van der Waals surface area (Å²) in [6.07, 6.45) is 3.79. The van der Waals surface area contributed by atoms with Crippen molar-refractivity contribution in [3.05, 3.63) is 65.7 Å². The molecule has 0 saturated heterocycles. The van der Waals surface area contributed by atoms with Crippen LogP contribution in [0.15, 0.2) is 54.6 Å². The summed E-state index contributed by atoms with van der Waals surface area (Å²) in [6.45, 7) is 4.92. The second kappa shape index (κ2) is 10.5. The molecule has 0 fully saturated rings. The van der Waals surface area contributed by atoms with E-state index in [-0.39, 0.29) is 24.5 Å². The quantitative estimate of drug-likeness (QED) is 0.554. The van der Waals surface area contributed by atoms with E-state index in [0.717, 1.165) is 17.5 Å². The fraction of sp³-hybridized carbons (Fsp3) is 0.333. The third-order valence-electron chi connectivity index (χ3n) is 4.67. The van der Waals surface area contributed by atoms with Gasteiger partial charge in [0.15, 0.2) is 18.1 Å². The highest BCUT2D eigenvalue weighted by Gasteiger charge is 2.21. The van der Waals surface area contributed by atoms with Crippen molar-refractivity contribution in [1.82, 2.24) is 5.32 Å². The van der Waals surface area contributed by atoms with Crippen LogP contribution in [0.2, 0.25) is 0 Å². The lowest BCUT2D eigenvalue weighted by Gasteiger charge is -2.23. The SMILES string of the molecule is CC(C)[C@@H](NC(=O)COC(=O)/C=C/c1ccccc1)c1ccc2c(c1)OCCCO2. The average Bonchev–Trinajstić information content (AvgIpc) is 3.00. The number of benzene rings is 2. The summed E-state index contributed by atoms with van der Waals surface area (Å²) < 4.78 is 16.5. The molecule has 1 heterocycles. The lowest BCUT2D eigenvalue weighted by Crippen LogP contribution is -2.34. The molecule has 0 saturated carbocycles. The summed E-state index contributed by atoms with van der Waals surface area (Å²) in [6, 6.07) is 14.9. The number of ether oxygens (including phenoxy) is 3. The number of rotatable bonds is 7. The van der Waals surface area contributed by atoms with E-state index < -0.39 is 5.97 Å². The zero-order valence-electron chi connectivity index (χ0n) is 17.3. The van der Waals surface area contributed by atoms with Crippen LogP contribution in [0, 0.1) is 5.92 Å². The minimum absolute atomic E-state index is 0.132. The molecule has 0 aliphatic carbocycles. The summed E-state index contributed by atoms with van der Waals surface area (Å²) in [5.74, 6) is 0.604. The number of esters is 1. The smallest absolute Gasteiger partial charge is 0.331 e. The molecule has 0 bridgehead atoms. The van der Waals surface area contributed by atoms with Crippen molar-refractivity contribution < 1.29 is 23.8 Å². The van der Waals surface area contributed by atoms with Crippen molar-refractivity contribution in [2.24, 2.45) is 5.92 Å². The predicted octanol–water partition coefficient (Wildman–Crippen LogP) is 3.92. The van der Waals surface area contributed by atoms with Crippen molar-refractivity contribution in [1.29, 1.82) is 0 Å². The van der Waals surface area contributed by atoms with Crippen LogP contribution in [0.5, 0.6) is 11.5 Å². The molecule has 6 nitrogen and oxygen atoms in total. The summed E-state index contributed by atoms with van der Waals surface area (Å²) in [5, 5.41) is 2.95. The third-order valence-corrected chi connectivity index (χ3v) is 4.67. The van der Waals surface area contributed by atoms with Gasteiger partial charge in [-0.1, -0.05) is 50.2 Å². The number of amides is 1. The standard InChI is InChI=1S/C24H27NO5/c1-17(2)24(19-10-11-20-21(15-19)29-14-6-13-28-20)25-22(26)16-30-23(27)12-9-18-7-4-3-5-8-18/h3-5,7-12,15,17,24H,6,13-14,16H2,1-2H3,(H,25,26)/b12-9+/t24-/m1/s1. The number of nitrogens with one attached hydrogen (secondary N) is 1. The molecule has 3 rings (SSSR count). The molecule has 1 atom stereocenters. The monoisotopic (exact) mass is 409 g/mol. The van der Waals surface area contributed by atoms with Crippen molar-refractivity contribution in [2.75, 3.05) is 19.8 Å². The van der Waals surface area contributed by atoms with Gasteiger partial charge in [0.05, 0.1) is 19.3 Å². The minimum atomic E-state index is -0.564. The molecule has 0 radical (unpaired) electrons. The molecule has 6 heteroatoms. The number of hydrogen-bond acceptors (Lipinski definition) is 5. The highest BCUT2D eigenvalue weighted by atomic mass is 16.5. The molecular formula is C24H27NO5. The Bertz CT molecular complexity index is 892. The van der Waals surface area contributed by atoms with Crippen molar-refractivity contribution in [3.8, 4) is 11.5 Å². The molecule has 0 spiro atoms. The van der Waals surface area contributed by atoms with Crippen LogP contribution < -0.4 is 14.8 Å². The van der Waals surface area contributed by atoms with Gasteiger partial charge in [-0.05, 0) is 35.3 Å².